The first kappa shape index (κ1) is 19.1. The van der Waals surface area contributed by atoms with Gasteiger partial charge in [-0.05, 0) is 54.5 Å². The molecule has 0 radical (unpaired) electrons. The minimum absolute atomic E-state index is 0.00360. The normalized spacial score (nSPS) is 12.5. The summed E-state index contributed by atoms with van der Waals surface area (Å²) in [6, 6.07) is 3.64. The second-order valence-corrected chi connectivity index (χ2v) is 8.41. The van der Waals surface area contributed by atoms with Crippen LogP contribution in [0, 0.1) is 5.92 Å². The predicted octanol–water partition coefficient (Wildman–Crippen LogP) is 2.33. The van der Waals surface area contributed by atoms with Gasteiger partial charge in [0, 0.05) is 12.6 Å². The van der Waals surface area contributed by atoms with E-state index in [-0.39, 0.29) is 24.4 Å². The van der Waals surface area contributed by atoms with Crippen molar-refractivity contribution >= 4 is 39.1 Å². The maximum atomic E-state index is 12.0. The van der Waals surface area contributed by atoms with Crippen LogP contribution in [0.25, 0.3) is 0 Å². The van der Waals surface area contributed by atoms with Gasteiger partial charge in [-0.1, -0.05) is 13.8 Å². The monoisotopic (exact) mass is 389 g/mol. The van der Waals surface area contributed by atoms with Crippen molar-refractivity contribution in [2.75, 3.05) is 27.2 Å². The summed E-state index contributed by atoms with van der Waals surface area (Å²) in [4.78, 5) is 26.5. The maximum absolute atomic E-state index is 12.0. The number of nitrogens with one attached hydrogen (secondary N) is 2. The fourth-order valence-electron chi connectivity index (χ4n) is 2.15. The van der Waals surface area contributed by atoms with Gasteiger partial charge in [0.2, 0.25) is 5.91 Å². The first-order chi connectivity index (χ1) is 10.3. The number of thiophene rings is 1. The molecule has 0 saturated carbocycles. The van der Waals surface area contributed by atoms with Gasteiger partial charge in [-0.3, -0.25) is 9.59 Å². The quantitative estimate of drug-likeness (QED) is 0.716. The highest BCUT2D eigenvalue weighted by atomic mass is 79.9. The molecule has 2 amide bonds. The Hall–Kier alpha value is -0.920. The Morgan fingerprint density at radius 2 is 2.00 bits per heavy atom. The Morgan fingerprint density at radius 1 is 1.32 bits per heavy atom. The predicted molar refractivity (Wildman–Crippen MR) is 94.3 cm³/mol. The number of carbonyl (C=O) groups is 2. The summed E-state index contributed by atoms with van der Waals surface area (Å²) < 4.78 is 0.894. The molecule has 22 heavy (non-hydrogen) atoms. The second kappa shape index (κ2) is 9.27. The van der Waals surface area contributed by atoms with Crippen LogP contribution in [0.2, 0.25) is 0 Å². The van der Waals surface area contributed by atoms with E-state index in [0.29, 0.717) is 10.8 Å². The van der Waals surface area contributed by atoms with Crippen LogP contribution in [0.1, 0.15) is 29.9 Å². The fourth-order valence-corrected chi connectivity index (χ4v) is 3.45. The Balaban J connectivity index is 2.44. The molecule has 0 bridgehead atoms. The number of halogens is 1. The van der Waals surface area contributed by atoms with Crippen molar-refractivity contribution in [1.29, 1.82) is 0 Å². The van der Waals surface area contributed by atoms with Gasteiger partial charge in [0.05, 0.1) is 15.2 Å². The third kappa shape index (κ3) is 7.38. The Bertz CT molecular complexity index is 493. The first-order valence-electron chi connectivity index (χ1n) is 7.25. The van der Waals surface area contributed by atoms with Crippen molar-refractivity contribution < 1.29 is 9.59 Å². The van der Waals surface area contributed by atoms with Crippen LogP contribution >= 0.6 is 27.3 Å². The van der Waals surface area contributed by atoms with Crippen LogP contribution in [0.15, 0.2) is 15.9 Å². The van der Waals surface area contributed by atoms with Crippen molar-refractivity contribution in [2.45, 2.75) is 26.3 Å². The molecule has 1 aromatic heterocycles. The number of nitrogens with zero attached hydrogens (tertiary/aromatic N) is 1. The van der Waals surface area contributed by atoms with E-state index in [1.54, 1.807) is 6.07 Å². The molecule has 1 atom stereocenters. The van der Waals surface area contributed by atoms with E-state index in [0.717, 1.165) is 16.8 Å². The molecule has 124 valence electrons. The van der Waals surface area contributed by atoms with Gasteiger partial charge in [-0.2, -0.15) is 0 Å². The number of hydrogen-bond acceptors (Lipinski definition) is 4. The SMILES string of the molecule is CC(C)CC(CN(C)C)NC(=O)CNC(=O)c1ccc(Br)s1. The van der Waals surface area contributed by atoms with Crippen molar-refractivity contribution in [3.8, 4) is 0 Å². The Morgan fingerprint density at radius 3 is 2.50 bits per heavy atom. The van der Waals surface area contributed by atoms with Crippen molar-refractivity contribution in [2.24, 2.45) is 5.92 Å². The van der Waals surface area contributed by atoms with E-state index in [2.05, 4.69) is 45.3 Å². The third-order valence-electron chi connectivity index (χ3n) is 2.91. The van der Waals surface area contributed by atoms with Gasteiger partial charge in [0.25, 0.3) is 5.91 Å². The zero-order valence-corrected chi connectivity index (χ0v) is 15.9. The van der Waals surface area contributed by atoms with Crippen LogP contribution in [0.3, 0.4) is 0 Å². The summed E-state index contributed by atoms with van der Waals surface area (Å²) in [6.45, 7) is 5.04. The maximum Gasteiger partial charge on any atom is 0.261 e. The number of amides is 2. The highest BCUT2D eigenvalue weighted by Crippen LogP contribution is 2.21. The van der Waals surface area contributed by atoms with E-state index in [1.807, 2.05) is 20.2 Å². The molecule has 0 spiro atoms. The van der Waals surface area contributed by atoms with E-state index in [4.69, 9.17) is 0 Å². The van der Waals surface area contributed by atoms with Gasteiger partial charge in [-0.25, -0.2) is 0 Å². The van der Waals surface area contributed by atoms with E-state index >= 15 is 0 Å². The number of hydrogen-bond donors (Lipinski definition) is 2. The molecule has 0 aliphatic heterocycles. The fraction of sp³-hybridized carbons (Fsp3) is 0.600. The molecule has 1 aromatic rings. The average molecular weight is 390 g/mol. The first-order valence-corrected chi connectivity index (χ1v) is 8.86. The summed E-state index contributed by atoms with van der Waals surface area (Å²) in [5, 5.41) is 5.64. The lowest BCUT2D eigenvalue weighted by Gasteiger charge is -2.24. The minimum Gasteiger partial charge on any atom is -0.351 e. The molecule has 0 aliphatic carbocycles. The lowest BCUT2D eigenvalue weighted by molar-refractivity contribution is -0.121. The lowest BCUT2D eigenvalue weighted by atomic mass is 10.0. The van der Waals surface area contributed by atoms with Crippen LogP contribution in [-0.4, -0.2) is 49.9 Å². The zero-order chi connectivity index (χ0) is 16.7. The summed E-state index contributed by atoms with van der Waals surface area (Å²) in [5.74, 6) is 0.124. The molecule has 1 heterocycles. The molecule has 1 rings (SSSR count). The van der Waals surface area contributed by atoms with Crippen molar-refractivity contribution in [3.05, 3.63) is 20.8 Å². The van der Waals surface area contributed by atoms with Crippen LogP contribution in [0.5, 0.6) is 0 Å². The van der Waals surface area contributed by atoms with Crippen LogP contribution in [-0.2, 0) is 4.79 Å². The largest absolute Gasteiger partial charge is 0.351 e. The number of rotatable bonds is 8. The van der Waals surface area contributed by atoms with E-state index in [1.165, 1.54) is 11.3 Å². The van der Waals surface area contributed by atoms with E-state index in [9.17, 15) is 9.59 Å². The molecule has 2 N–H and O–H groups in total. The summed E-state index contributed by atoms with van der Waals surface area (Å²) >= 11 is 4.66. The number of likely N-dealkylation sites (N-methyl/N-ethyl adjacent to an activating group) is 1. The van der Waals surface area contributed by atoms with Crippen LogP contribution in [0.4, 0.5) is 0 Å². The molecule has 0 aromatic carbocycles. The average Bonchev–Trinajstić information content (AvgIpc) is 2.81. The molecular weight excluding hydrogens is 366 g/mol. The highest BCUT2D eigenvalue weighted by Gasteiger charge is 2.16. The Kier molecular flexibility index (Phi) is 8.06. The molecule has 5 nitrogen and oxygen atoms in total. The molecule has 0 saturated heterocycles. The standard InChI is InChI=1S/C15H24BrN3O2S/c1-10(2)7-11(9-19(3)4)18-14(20)8-17-15(21)12-5-6-13(16)22-12/h5-6,10-11H,7-9H2,1-4H3,(H,17,21)(H,18,20). The van der Waals surface area contributed by atoms with Gasteiger partial charge in [-0.15, -0.1) is 11.3 Å². The Labute approximate surface area is 144 Å². The molecule has 0 aliphatic rings. The highest BCUT2D eigenvalue weighted by molar-refractivity contribution is 9.11. The second-order valence-electron chi connectivity index (χ2n) is 5.94. The van der Waals surface area contributed by atoms with Gasteiger partial charge in [0.15, 0.2) is 0 Å². The van der Waals surface area contributed by atoms with Gasteiger partial charge < -0.3 is 15.5 Å². The summed E-state index contributed by atoms with van der Waals surface area (Å²) in [6.07, 6.45) is 0.912. The minimum atomic E-state index is -0.223. The smallest absolute Gasteiger partial charge is 0.261 e. The molecule has 0 fully saturated rings. The molecule has 1 unspecified atom stereocenters. The molecular formula is C15H24BrN3O2S. The topological polar surface area (TPSA) is 61.4 Å². The number of carbonyl (C=O) groups excluding carboxylic acids is 2. The molecule has 7 heteroatoms. The third-order valence-corrected chi connectivity index (χ3v) is 4.54. The lowest BCUT2D eigenvalue weighted by Crippen LogP contribution is -2.46. The van der Waals surface area contributed by atoms with E-state index < -0.39 is 0 Å². The van der Waals surface area contributed by atoms with Crippen molar-refractivity contribution in [3.63, 3.8) is 0 Å². The van der Waals surface area contributed by atoms with Gasteiger partial charge in [0.1, 0.15) is 0 Å². The van der Waals surface area contributed by atoms with Crippen molar-refractivity contribution in [1.82, 2.24) is 15.5 Å². The summed E-state index contributed by atoms with van der Waals surface area (Å²) in [7, 11) is 3.96. The summed E-state index contributed by atoms with van der Waals surface area (Å²) in [5.41, 5.74) is 0. The van der Waals surface area contributed by atoms with Gasteiger partial charge >= 0.3 is 0 Å². The zero-order valence-electron chi connectivity index (χ0n) is 13.5. The van der Waals surface area contributed by atoms with Crippen LogP contribution < -0.4 is 10.6 Å².